The highest BCUT2D eigenvalue weighted by molar-refractivity contribution is 7.14. The van der Waals surface area contributed by atoms with Crippen LogP contribution in [-0.2, 0) is 9.59 Å². The van der Waals surface area contributed by atoms with Gasteiger partial charge in [0.1, 0.15) is 5.75 Å². The van der Waals surface area contributed by atoms with Crippen LogP contribution in [-0.4, -0.2) is 29.9 Å². The number of hydrogen-bond acceptors (Lipinski definition) is 5. The predicted octanol–water partition coefficient (Wildman–Crippen LogP) is 5.50. The average molecular weight is 460 g/mol. The van der Waals surface area contributed by atoms with Crippen LogP contribution in [0.1, 0.15) is 30.9 Å². The van der Waals surface area contributed by atoms with Crippen LogP contribution in [0.5, 0.6) is 5.75 Å². The molecule has 1 N–H and O–H groups in total. The van der Waals surface area contributed by atoms with Gasteiger partial charge in [-0.15, -0.1) is 17.9 Å². The van der Waals surface area contributed by atoms with Gasteiger partial charge in [-0.2, -0.15) is 0 Å². The van der Waals surface area contributed by atoms with Gasteiger partial charge >= 0.3 is 0 Å². The van der Waals surface area contributed by atoms with E-state index in [0.29, 0.717) is 34.7 Å². The first-order valence-corrected chi connectivity index (χ1v) is 11.6. The molecular formula is C26H25N3O3S. The lowest BCUT2D eigenvalue weighted by Crippen LogP contribution is -2.38. The third kappa shape index (κ3) is 5.21. The zero-order chi connectivity index (χ0) is 23.4. The van der Waals surface area contributed by atoms with Crippen molar-refractivity contribution in [3.05, 3.63) is 77.7 Å². The maximum absolute atomic E-state index is 12.3. The molecular weight excluding hydrogens is 434 g/mol. The second-order valence-corrected chi connectivity index (χ2v) is 8.80. The number of carbonyl (C=O) groups excluding carboxylic acids is 2. The van der Waals surface area contributed by atoms with Crippen molar-refractivity contribution in [2.45, 2.75) is 19.8 Å². The average Bonchev–Trinajstić information content (AvgIpc) is 3.28. The highest BCUT2D eigenvalue weighted by Crippen LogP contribution is 2.36. The van der Waals surface area contributed by atoms with Crippen LogP contribution in [0.15, 0.2) is 66.6 Å². The Balaban J connectivity index is 1.45. The van der Waals surface area contributed by atoms with Crippen molar-refractivity contribution in [2.24, 2.45) is 0 Å². The minimum atomic E-state index is -0.245. The van der Waals surface area contributed by atoms with Crippen LogP contribution >= 0.6 is 11.3 Å². The van der Waals surface area contributed by atoms with Crippen LogP contribution < -0.4 is 15.0 Å². The van der Waals surface area contributed by atoms with Gasteiger partial charge in [0, 0.05) is 23.6 Å². The number of amides is 2. The first-order valence-electron chi connectivity index (χ1n) is 10.7. The molecule has 0 unspecified atom stereocenters. The van der Waals surface area contributed by atoms with Gasteiger partial charge < -0.3 is 9.64 Å². The molecule has 168 valence electrons. The summed E-state index contributed by atoms with van der Waals surface area (Å²) in [6, 6.07) is 13.7. The van der Waals surface area contributed by atoms with Crippen LogP contribution in [0.3, 0.4) is 0 Å². The molecule has 0 radical (unpaired) electrons. The van der Waals surface area contributed by atoms with E-state index in [4.69, 9.17) is 4.74 Å². The first kappa shape index (κ1) is 22.5. The molecule has 0 atom stereocenters. The van der Waals surface area contributed by atoms with Crippen LogP contribution in [0.2, 0.25) is 0 Å². The number of benzene rings is 2. The Kier molecular flexibility index (Phi) is 6.70. The SMILES string of the molecule is C=CCN1C(=O)COc2ccc(-c3csc(NC(=O)/C=C/c4ccc(C(C)C)cc4)n3)cc21. The minimum absolute atomic E-state index is 0.0163. The quantitative estimate of drug-likeness (QED) is 0.374. The number of ether oxygens (including phenoxy) is 1. The molecule has 0 spiro atoms. The fourth-order valence-corrected chi connectivity index (χ4v) is 4.19. The third-order valence-electron chi connectivity index (χ3n) is 5.27. The Morgan fingerprint density at radius 1 is 1.27 bits per heavy atom. The van der Waals surface area contributed by atoms with E-state index in [9.17, 15) is 9.59 Å². The molecule has 0 saturated heterocycles. The fraction of sp³-hybridized carbons (Fsp3) is 0.192. The third-order valence-corrected chi connectivity index (χ3v) is 6.03. The van der Waals surface area contributed by atoms with Gasteiger partial charge in [0.25, 0.3) is 5.91 Å². The Labute approximate surface area is 197 Å². The summed E-state index contributed by atoms with van der Waals surface area (Å²) >= 11 is 1.34. The van der Waals surface area contributed by atoms with E-state index in [0.717, 1.165) is 11.1 Å². The molecule has 1 aliphatic heterocycles. The lowest BCUT2D eigenvalue weighted by atomic mass is 10.0. The zero-order valence-corrected chi connectivity index (χ0v) is 19.4. The number of thiazole rings is 1. The summed E-state index contributed by atoms with van der Waals surface area (Å²) in [6.45, 7) is 8.45. The maximum atomic E-state index is 12.3. The summed E-state index contributed by atoms with van der Waals surface area (Å²) in [6.07, 6.45) is 4.96. The number of rotatable bonds is 7. The van der Waals surface area contributed by atoms with E-state index in [2.05, 4.69) is 42.9 Å². The number of nitrogens with one attached hydrogen (secondary N) is 1. The van der Waals surface area contributed by atoms with Crippen molar-refractivity contribution in [1.29, 1.82) is 0 Å². The molecule has 2 aromatic carbocycles. The molecule has 0 saturated carbocycles. The summed E-state index contributed by atoms with van der Waals surface area (Å²) in [4.78, 5) is 30.7. The van der Waals surface area contributed by atoms with Crippen LogP contribution in [0, 0.1) is 0 Å². The second-order valence-electron chi connectivity index (χ2n) is 7.95. The number of nitrogens with zero attached hydrogens (tertiary/aromatic N) is 2. The lowest BCUT2D eigenvalue weighted by molar-refractivity contribution is -0.121. The van der Waals surface area contributed by atoms with E-state index < -0.39 is 0 Å². The molecule has 33 heavy (non-hydrogen) atoms. The number of fused-ring (bicyclic) bond motifs is 1. The summed E-state index contributed by atoms with van der Waals surface area (Å²) in [7, 11) is 0. The van der Waals surface area contributed by atoms with Crippen molar-refractivity contribution in [1.82, 2.24) is 4.98 Å². The Hall–Kier alpha value is -3.71. The second kappa shape index (κ2) is 9.83. The molecule has 1 aliphatic rings. The summed E-state index contributed by atoms with van der Waals surface area (Å²) in [5.41, 5.74) is 4.46. The van der Waals surface area contributed by atoms with Gasteiger partial charge in [0.15, 0.2) is 11.7 Å². The Morgan fingerprint density at radius 2 is 2.06 bits per heavy atom. The van der Waals surface area contributed by atoms with E-state index in [1.807, 2.05) is 35.7 Å². The van der Waals surface area contributed by atoms with E-state index >= 15 is 0 Å². The predicted molar refractivity (Wildman–Crippen MR) is 134 cm³/mol. The standard InChI is InChI=1S/C26H25N3O3S/c1-4-13-29-22-14-20(10-11-23(22)32-15-25(29)31)21-16-33-26(27-21)28-24(30)12-7-18-5-8-19(9-6-18)17(2)3/h4-12,14,16-17H,1,13,15H2,2-3H3,(H,27,28,30)/b12-7+. The maximum Gasteiger partial charge on any atom is 0.265 e. The largest absolute Gasteiger partial charge is 0.482 e. The van der Waals surface area contributed by atoms with Crippen molar-refractivity contribution < 1.29 is 14.3 Å². The van der Waals surface area contributed by atoms with Crippen molar-refractivity contribution in [2.75, 3.05) is 23.4 Å². The number of anilines is 2. The topological polar surface area (TPSA) is 71.5 Å². The molecule has 2 amide bonds. The highest BCUT2D eigenvalue weighted by Gasteiger charge is 2.25. The monoisotopic (exact) mass is 459 g/mol. The summed E-state index contributed by atoms with van der Waals surface area (Å²) in [5, 5.41) is 5.18. The Bertz CT molecular complexity index is 1210. The fourth-order valence-electron chi connectivity index (χ4n) is 3.47. The van der Waals surface area contributed by atoms with Crippen LogP contribution in [0.25, 0.3) is 17.3 Å². The molecule has 6 nitrogen and oxygen atoms in total. The molecule has 4 rings (SSSR count). The zero-order valence-electron chi connectivity index (χ0n) is 18.6. The molecule has 2 heterocycles. The van der Waals surface area contributed by atoms with Gasteiger partial charge in [-0.05, 0) is 41.3 Å². The Morgan fingerprint density at radius 3 is 2.79 bits per heavy atom. The van der Waals surface area contributed by atoms with Gasteiger partial charge in [0.05, 0.1) is 11.4 Å². The lowest BCUT2D eigenvalue weighted by Gasteiger charge is -2.28. The normalized spacial score (nSPS) is 13.2. The van der Waals surface area contributed by atoms with Gasteiger partial charge in [-0.1, -0.05) is 44.2 Å². The summed E-state index contributed by atoms with van der Waals surface area (Å²) < 4.78 is 5.53. The molecule has 0 fully saturated rings. The highest BCUT2D eigenvalue weighted by atomic mass is 32.1. The first-order chi connectivity index (χ1) is 15.9. The van der Waals surface area contributed by atoms with Gasteiger partial charge in [0.2, 0.25) is 5.91 Å². The van der Waals surface area contributed by atoms with Crippen molar-refractivity contribution in [3.63, 3.8) is 0 Å². The molecule has 0 bridgehead atoms. The van der Waals surface area contributed by atoms with Crippen molar-refractivity contribution >= 4 is 40.0 Å². The number of hydrogen-bond donors (Lipinski definition) is 1. The number of aromatic nitrogens is 1. The molecule has 7 heteroatoms. The molecule has 0 aliphatic carbocycles. The molecule has 1 aromatic heterocycles. The van der Waals surface area contributed by atoms with E-state index in [-0.39, 0.29) is 18.4 Å². The van der Waals surface area contributed by atoms with E-state index in [1.54, 1.807) is 17.1 Å². The minimum Gasteiger partial charge on any atom is -0.482 e. The van der Waals surface area contributed by atoms with Crippen molar-refractivity contribution in [3.8, 4) is 17.0 Å². The van der Waals surface area contributed by atoms with Gasteiger partial charge in [-0.25, -0.2) is 4.98 Å². The van der Waals surface area contributed by atoms with E-state index in [1.165, 1.54) is 23.0 Å². The number of carbonyl (C=O) groups is 2. The smallest absolute Gasteiger partial charge is 0.265 e. The molecule has 3 aromatic rings. The van der Waals surface area contributed by atoms with Crippen LogP contribution in [0.4, 0.5) is 10.8 Å². The summed E-state index contributed by atoms with van der Waals surface area (Å²) in [5.74, 6) is 0.760. The van der Waals surface area contributed by atoms with Gasteiger partial charge in [-0.3, -0.25) is 14.9 Å².